The van der Waals surface area contributed by atoms with E-state index < -0.39 is 0 Å². The van der Waals surface area contributed by atoms with Crippen LogP contribution in [0.25, 0.3) is 0 Å². The second-order valence-corrected chi connectivity index (χ2v) is 6.34. The van der Waals surface area contributed by atoms with Gasteiger partial charge in [0.2, 0.25) is 0 Å². The van der Waals surface area contributed by atoms with Crippen LogP contribution < -0.4 is 0 Å². The molecule has 1 aromatic rings. The molecule has 0 N–H and O–H groups in total. The maximum Gasteiger partial charge on any atom is 0.0621 e. The summed E-state index contributed by atoms with van der Waals surface area (Å²) in [6.45, 7) is 0. The molecular formula is C14H17Cl2N. The molecule has 0 amide bonds. The Bertz CT molecular complexity index is 395. The van der Waals surface area contributed by atoms with E-state index in [9.17, 15) is 0 Å². The van der Waals surface area contributed by atoms with Gasteiger partial charge in [0.15, 0.2) is 0 Å². The van der Waals surface area contributed by atoms with Gasteiger partial charge in [-0.3, -0.25) is 4.98 Å². The summed E-state index contributed by atoms with van der Waals surface area (Å²) in [7, 11) is 0. The van der Waals surface area contributed by atoms with Crippen LogP contribution in [0.3, 0.4) is 0 Å². The van der Waals surface area contributed by atoms with Crippen molar-refractivity contribution in [1.82, 2.24) is 4.98 Å². The molecule has 0 radical (unpaired) electrons. The van der Waals surface area contributed by atoms with Crippen molar-refractivity contribution in [3.05, 3.63) is 29.0 Å². The van der Waals surface area contributed by atoms with Gasteiger partial charge in [-0.1, -0.05) is 24.4 Å². The molecule has 2 fully saturated rings. The number of rotatable bonds is 3. The highest BCUT2D eigenvalue weighted by Crippen LogP contribution is 2.58. The lowest BCUT2D eigenvalue weighted by Crippen LogP contribution is -2.08. The molecule has 0 aliphatic heterocycles. The lowest BCUT2D eigenvalue weighted by molar-refractivity contribution is 0.480. The minimum atomic E-state index is 0.253. The second kappa shape index (κ2) is 4.78. The monoisotopic (exact) mass is 269 g/mol. The van der Waals surface area contributed by atoms with Crippen molar-refractivity contribution in [3.8, 4) is 0 Å². The normalized spacial score (nSPS) is 32.9. The number of aromatic nitrogens is 1. The Morgan fingerprint density at radius 3 is 2.65 bits per heavy atom. The van der Waals surface area contributed by atoms with E-state index >= 15 is 0 Å². The number of hydrogen-bond acceptors (Lipinski definition) is 1. The maximum atomic E-state index is 6.58. The first-order chi connectivity index (χ1) is 8.27. The first kappa shape index (κ1) is 11.8. The summed E-state index contributed by atoms with van der Waals surface area (Å²) in [5.41, 5.74) is 1.14. The minimum Gasteiger partial charge on any atom is -0.263 e. The summed E-state index contributed by atoms with van der Waals surface area (Å²) in [6.07, 6.45) is 9.98. The van der Waals surface area contributed by atoms with Crippen LogP contribution in [0, 0.1) is 17.8 Å². The second-order valence-electron chi connectivity index (χ2n) is 5.38. The molecule has 0 aromatic carbocycles. The first-order valence-corrected chi connectivity index (χ1v) is 7.31. The zero-order valence-electron chi connectivity index (χ0n) is 9.78. The highest BCUT2D eigenvalue weighted by atomic mass is 35.5. The van der Waals surface area contributed by atoms with Crippen LogP contribution in [-0.2, 0) is 6.42 Å². The number of fused-ring (bicyclic) bond motifs is 1. The van der Waals surface area contributed by atoms with Gasteiger partial charge in [0.1, 0.15) is 0 Å². The molecule has 2 aliphatic rings. The van der Waals surface area contributed by atoms with Crippen LogP contribution in [-0.4, -0.2) is 10.4 Å². The van der Waals surface area contributed by atoms with Gasteiger partial charge in [-0.05, 0) is 48.6 Å². The van der Waals surface area contributed by atoms with Crippen molar-refractivity contribution >= 4 is 23.2 Å². The highest BCUT2D eigenvalue weighted by Gasteiger charge is 2.53. The topological polar surface area (TPSA) is 12.9 Å². The minimum absolute atomic E-state index is 0.253. The quantitative estimate of drug-likeness (QED) is 0.745. The largest absolute Gasteiger partial charge is 0.263 e. The van der Waals surface area contributed by atoms with Gasteiger partial charge in [0.05, 0.1) is 5.02 Å². The smallest absolute Gasteiger partial charge is 0.0621 e. The van der Waals surface area contributed by atoms with E-state index in [1.54, 1.807) is 12.4 Å². The maximum absolute atomic E-state index is 6.58. The molecule has 3 atom stereocenters. The fraction of sp³-hybridized carbons (Fsp3) is 0.643. The summed E-state index contributed by atoms with van der Waals surface area (Å²) < 4.78 is 0. The molecule has 92 valence electrons. The third-order valence-corrected chi connectivity index (χ3v) is 5.20. The van der Waals surface area contributed by atoms with E-state index in [1.807, 2.05) is 6.07 Å². The lowest BCUT2D eigenvalue weighted by atomic mass is 10.0. The number of halogens is 2. The number of nitrogens with zero attached hydrogens (tertiary/aromatic N) is 1. The molecule has 3 unspecified atom stereocenters. The van der Waals surface area contributed by atoms with E-state index in [0.29, 0.717) is 0 Å². The number of alkyl halides is 1. The molecule has 1 heterocycles. The summed E-state index contributed by atoms with van der Waals surface area (Å²) in [6, 6.07) is 1.99. The van der Waals surface area contributed by atoms with Crippen molar-refractivity contribution in [2.75, 3.05) is 0 Å². The van der Waals surface area contributed by atoms with E-state index in [2.05, 4.69) is 4.98 Å². The van der Waals surface area contributed by atoms with Gasteiger partial charge in [-0.15, -0.1) is 11.6 Å². The predicted molar refractivity (Wildman–Crippen MR) is 71.5 cm³/mol. The van der Waals surface area contributed by atoms with Gasteiger partial charge < -0.3 is 0 Å². The average molecular weight is 270 g/mol. The van der Waals surface area contributed by atoms with Crippen LogP contribution in [0.15, 0.2) is 18.5 Å². The van der Waals surface area contributed by atoms with Gasteiger partial charge in [-0.2, -0.15) is 0 Å². The zero-order chi connectivity index (χ0) is 11.8. The Hall–Kier alpha value is -0.270. The van der Waals surface area contributed by atoms with E-state index in [0.717, 1.165) is 34.8 Å². The molecule has 1 aromatic heterocycles. The van der Waals surface area contributed by atoms with Crippen LogP contribution in [0.1, 0.15) is 31.2 Å². The van der Waals surface area contributed by atoms with Gasteiger partial charge in [0.25, 0.3) is 0 Å². The molecule has 2 aliphatic carbocycles. The summed E-state index contributed by atoms with van der Waals surface area (Å²) in [4.78, 5) is 4.01. The standard InChI is InChI=1S/C14H17Cl2N/c15-12(7-9-5-6-17-8-13(9)16)14-10-3-1-2-4-11(10)14/h5-6,8,10-12,14H,1-4,7H2. The summed E-state index contributed by atoms with van der Waals surface area (Å²) >= 11 is 12.7. The van der Waals surface area contributed by atoms with Gasteiger partial charge in [-0.25, -0.2) is 0 Å². The van der Waals surface area contributed by atoms with Gasteiger partial charge in [0, 0.05) is 17.8 Å². The van der Waals surface area contributed by atoms with Crippen molar-refractivity contribution in [3.63, 3.8) is 0 Å². The lowest BCUT2D eigenvalue weighted by Gasteiger charge is -2.10. The molecule has 1 nitrogen and oxygen atoms in total. The molecule has 0 bridgehead atoms. The Labute approximate surface area is 113 Å². The molecule has 0 spiro atoms. The Morgan fingerprint density at radius 1 is 1.29 bits per heavy atom. The SMILES string of the molecule is Clc1cnccc1CC(Cl)C1C2CCCCC21. The fourth-order valence-electron chi connectivity index (χ4n) is 3.50. The molecular weight excluding hydrogens is 253 g/mol. The molecule has 3 rings (SSSR count). The third-order valence-electron chi connectivity index (χ3n) is 4.41. The number of pyridine rings is 1. The van der Waals surface area contributed by atoms with E-state index in [4.69, 9.17) is 23.2 Å². The zero-order valence-corrected chi connectivity index (χ0v) is 11.3. The molecule has 2 saturated carbocycles. The van der Waals surface area contributed by atoms with Crippen LogP contribution >= 0.6 is 23.2 Å². The highest BCUT2D eigenvalue weighted by molar-refractivity contribution is 6.31. The first-order valence-electron chi connectivity index (χ1n) is 6.50. The average Bonchev–Trinajstić information content (AvgIpc) is 3.06. The Balaban J connectivity index is 1.64. The van der Waals surface area contributed by atoms with E-state index in [1.165, 1.54) is 25.7 Å². The van der Waals surface area contributed by atoms with Gasteiger partial charge >= 0.3 is 0 Å². The number of hydrogen-bond donors (Lipinski definition) is 0. The van der Waals surface area contributed by atoms with Crippen LogP contribution in [0.4, 0.5) is 0 Å². The van der Waals surface area contributed by atoms with Crippen molar-refractivity contribution < 1.29 is 0 Å². The predicted octanol–water partition coefficient (Wildman–Crippen LogP) is 4.32. The van der Waals surface area contributed by atoms with Crippen molar-refractivity contribution in [1.29, 1.82) is 0 Å². The Kier molecular flexibility index (Phi) is 3.32. The van der Waals surface area contributed by atoms with Crippen molar-refractivity contribution in [2.45, 2.75) is 37.5 Å². The molecule has 3 heteroatoms. The Morgan fingerprint density at radius 2 is 2.00 bits per heavy atom. The molecule has 0 saturated heterocycles. The van der Waals surface area contributed by atoms with Crippen molar-refractivity contribution in [2.24, 2.45) is 17.8 Å². The van der Waals surface area contributed by atoms with E-state index in [-0.39, 0.29) is 5.38 Å². The molecule has 17 heavy (non-hydrogen) atoms. The van der Waals surface area contributed by atoms with Crippen LogP contribution in [0.2, 0.25) is 5.02 Å². The van der Waals surface area contributed by atoms with Crippen LogP contribution in [0.5, 0.6) is 0 Å². The fourth-order valence-corrected chi connectivity index (χ4v) is 4.24. The third kappa shape index (κ3) is 2.32. The summed E-state index contributed by atoms with van der Waals surface area (Å²) in [5, 5.41) is 1.00. The summed E-state index contributed by atoms with van der Waals surface area (Å²) in [5.74, 6) is 2.56.